The summed E-state index contributed by atoms with van der Waals surface area (Å²) in [6, 6.07) is -0.269. The Morgan fingerprint density at radius 1 is 0.632 bits per heavy atom. The monoisotopic (exact) mass is 857 g/mol. The van der Waals surface area contributed by atoms with E-state index < -0.39 is 101 Å². The Kier molecular flexibility index (Phi) is 23.4. The molecule has 0 aliphatic heterocycles. The number of aliphatic carboxylic acids is 1. The van der Waals surface area contributed by atoms with Crippen molar-refractivity contribution >= 4 is 90.2 Å². The Morgan fingerprint density at radius 2 is 1.09 bits per heavy atom. The molecule has 22 heteroatoms. The number of nitrogens with two attached hydrogens (primary N) is 3. The number of carbonyl (C=O) groups excluding carboxylic acids is 8. The van der Waals surface area contributed by atoms with Gasteiger partial charge in [0.05, 0.1) is 6.04 Å². The van der Waals surface area contributed by atoms with Gasteiger partial charge in [-0.1, -0.05) is 44.2 Å². The number of amides is 8. The average molecular weight is 858 g/mol. The highest BCUT2D eigenvalue weighted by Crippen LogP contribution is 2.10. The van der Waals surface area contributed by atoms with Crippen molar-refractivity contribution in [2.24, 2.45) is 23.1 Å². The maximum absolute atomic E-state index is 13.9. The Hall–Kier alpha value is -4.54. The van der Waals surface area contributed by atoms with E-state index in [1.807, 2.05) is 0 Å². The fourth-order valence-electron chi connectivity index (χ4n) is 5.07. The smallest absolute Gasteiger partial charge is 0.326 e. The minimum atomic E-state index is -1.48. The third kappa shape index (κ3) is 19.0. The minimum absolute atomic E-state index is 0.0490. The number of thiol groups is 2. The number of hydrogen-bond acceptors (Lipinski definition) is 13. The highest BCUT2D eigenvalue weighted by Gasteiger charge is 2.34. The topological polar surface area (TPSA) is 324 Å². The number of carboxylic acids is 1. The number of carbonyl (C=O) groups is 9. The zero-order chi connectivity index (χ0) is 43.2. The first-order valence-electron chi connectivity index (χ1n) is 18.0. The molecule has 0 bridgehead atoms. The van der Waals surface area contributed by atoms with E-state index in [0.29, 0.717) is 11.3 Å². The van der Waals surface area contributed by atoms with Crippen molar-refractivity contribution in [3.63, 3.8) is 0 Å². The molecule has 0 radical (unpaired) electrons. The second-order valence-electron chi connectivity index (χ2n) is 13.3. The number of thioether (sulfide) groups is 1. The molecule has 0 aromatic heterocycles. The fraction of sp³-hybridized carbons (Fsp3) is 0.571. The van der Waals surface area contributed by atoms with Crippen molar-refractivity contribution in [2.45, 2.75) is 94.7 Å². The molecule has 1 aromatic rings. The molecule has 0 saturated carbocycles. The van der Waals surface area contributed by atoms with Crippen molar-refractivity contribution in [3.8, 4) is 0 Å². The predicted octanol–water partition coefficient (Wildman–Crippen LogP) is -2.65. The summed E-state index contributed by atoms with van der Waals surface area (Å²) < 4.78 is 0. The van der Waals surface area contributed by atoms with Gasteiger partial charge in [-0.15, -0.1) is 0 Å². The van der Waals surface area contributed by atoms with E-state index in [-0.39, 0.29) is 50.0 Å². The second-order valence-corrected chi connectivity index (χ2v) is 15.0. The molecule has 0 fully saturated rings. The summed E-state index contributed by atoms with van der Waals surface area (Å²) in [5.41, 5.74) is 16.7. The highest BCUT2D eigenvalue weighted by molar-refractivity contribution is 7.98. The first-order valence-corrected chi connectivity index (χ1v) is 20.6. The molecule has 318 valence electrons. The van der Waals surface area contributed by atoms with Crippen LogP contribution in [0.5, 0.6) is 0 Å². The molecular weight excluding hydrogens is 803 g/mol. The van der Waals surface area contributed by atoms with Crippen LogP contribution in [0.15, 0.2) is 30.3 Å². The lowest BCUT2D eigenvalue weighted by atomic mass is 10.0. The van der Waals surface area contributed by atoms with E-state index in [1.54, 1.807) is 50.4 Å². The van der Waals surface area contributed by atoms with E-state index in [0.717, 1.165) is 0 Å². The van der Waals surface area contributed by atoms with E-state index in [4.69, 9.17) is 17.2 Å². The summed E-state index contributed by atoms with van der Waals surface area (Å²) in [7, 11) is 0. The average Bonchev–Trinajstić information content (AvgIpc) is 3.16. The first kappa shape index (κ1) is 50.5. The maximum atomic E-state index is 13.9. The van der Waals surface area contributed by atoms with Crippen LogP contribution in [0.2, 0.25) is 0 Å². The standard InChI is InChI=1S/C35H55N9O10S3/c1-18(2)28(44-33(51)25(17-56)42-29(47)20(36)9-11-26(37)45)34(52)39-21(13-14-57-3)30(48)41-23(15-19-7-5-4-6-8-19)31(49)43-24(16-55)32(50)40-22(35(53)54)10-12-27(38)46/h4-8,18,20-25,28,55-56H,9-17,36H2,1-3H3,(H2,37,45)(H2,38,46)(H,39,52)(H,40,50)(H,41,48)(H,42,47)(H,43,49)(H,44,51)(H,53,54)/t20-,21-,22-,23-,24-,25-,28-/m0/s1. The third-order valence-electron chi connectivity index (χ3n) is 8.37. The number of carboxylic acid groups (broad SMARTS) is 1. The van der Waals surface area contributed by atoms with Crippen molar-refractivity contribution in [1.29, 1.82) is 0 Å². The number of rotatable bonds is 27. The predicted molar refractivity (Wildman–Crippen MR) is 220 cm³/mol. The molecule has 57 heavy (non-hydrogen) atoms. The molecule has 13 N–H and O–H groups in total. The lowest BCUT2D eigenvalue weighted by Gasteiger charge is -2.28. The lowest BCUT2D eigenvalue weighted by Crippen LogP contribution is -2.61. The Morgan fingerprint density at radius 3 is 1.60 bits per heavy atom. The summed E-state index contributed by atoms with van der Waals surface area (Å²) in [4.78, 5) is 114. The third-order valence-corrected chi connectivity index (χ3v) is 9.74. The van der Waals surface area contributed by atoms with Crippen molar-refractivity contribution in [2.75, 3.05) is 23.5 Å². The molecule has 19 nitrogen and oxygen atoms in total. The SMILES string of the molecule is CSCC[C@H](NC(=O)[C@@H](NC(=O)[C@H](CS)NC(=O)[C@@H](N)CCC(N)=O)C(C)C)C(=O)N[C@@H](Cc1ccccc1)C(=O)N[C@@H](CS)C(=O)N[C@@H](CCC(N)=O)C(=O)O. The second kappa shape index (κ2) is 26.4. The molecule has 1 aromatic carbocycles. The van der Waals surface area contributed by atoms with Gasteiger partial charge in [-0.05, 0) is 42.8 Å². The van der Waals surface area contributed by atoms with Crippen LogP contribution < -0.4 is 49.1 Å². The van der Waals surface area contributed by atoms with E-state index >= 15 is 0 Å². The van der Waals surface area contributed by atoms with E-state index in [2.05, 4.69) is 57.2 Å². The fourth-order valence-corrected chi connectivity index (χ4v) is 6.06. The number of nitrogens with one attached hydrogen (secondary N) is 6. The van der Waals surface area contributed by atoms with Gasteiger partial charge in [-0.3, -0.25) is 38.4 Å². The van der Waals surface area contributed by atoms with Crippen LogP contribution in [0, 0.1) is 5.92 Å². The molecule has 0 unspecified atom stereocenters. The largest absolute Gasteiger partial charge is 0.480 e. The molecule has 0 saturated heterocycles. The highest BCUT2D eigenvalue weighted by atomic mass is 32.2. The number of primary amides is 2. The van der Waals surface area contributed by atoms with Gasteiger partial charge in [0.25, 0.3) is 0 Å². The van der Waals surface area contributed by atoms with Gasteiger partial charge in [0.2, 0.25) is 47.3 Å². The van der Waals surface area contributed by atoms with Crippen LogP contribution >= 0.6 is 37.0 Å². The summed E-state index contributed by atoms with van der Waals surface area (Å²) >= 11 is 9.68. The van der Waals surface area contributed by atoms with Crippen LogP contribution in [0.3, 0.4) is 0 Å². The van der Waals surface area contributed by atoms with Gasteiger partial charge in [0.15, 0.2) is 0 Å². The van der Waals surface area contributed by atoms with Gasteiger partial charge in [-0.25, -0.2) is 4.79 Å². The van der Waals surface area contributed by atoms with Gasteiger partial charge < -0.3 is 54.2 Å². The molecular formula is C35H55N9O10S3. The minimum Gasteiger partial charge on any atom is -0.480 e. The van der Waals surface area contributed by atoms with Crippen LogP contribution in [-0.2, 0) is 49.6 Å². The quantitative estimate of drug-likeness (QED) is 0.0404. The van der Waals surface area contributed by atoms with Gasteiger partial charge in [0.1, 0.15) is 36.3 Å². The van der Waals surface area contributed by atoms with Crippen molar-refractivity contribution in [1.82, 2.24) is 31.9 Å². The van der Waals surface area contributed by atoms with Gasteiger partial charge in [-0.2, -0.15) is 37.0 Å². The van der Waals surface area contributed by atoms with Crippen LogP contribution in [0.1, 0.15) is 51.5 Å². The molecule has 8 amide bonds. The molecule has 7 atom stereocenters. The van der Waals surface area contributed by atoms with E-state index in [9.17, 15) is 48.3 Å². The maximum Gasteiger partial charge on any atom is 0.326 e. The summed E-state index contributed by atoms with van der Waals surface area (Å²) in [5.74, 6) is -8.08. The molecule has 0 spiro atoms. The van der Waals surface area contributed by atoms with E-state index in [1.165, 1.54) is 11.8 Å². The molecule has 1 rings (SSSR count). The normalized spacial score (nSPS) is 14.6. The summed E-state index contributed by atoms with van der Waals surface area (Å²) in [6.07, 6.45) is 1.05. The van der Waals surface area contributed by atoms with Gasteiger partial charge in [0, 0.05) is 30.8 Å². The van der Waals surface area contributed by atoms with Crippen molar-refractivity contribution in [3.05, 3.63) is 35.9 Å². The summed E-state index contributed by atoms with van der Waals surface area (Å²) in [6.45, 7) is 3.31. The van der Waals surface area contributed by atoms with Crippen LogP contribution in [0.4, 0.5) is 0 Å². The van der Waals surface area contributed by atoms with Gasteiger partial charge >= 0.3 is 5.97 Å². The van der Waals surface area contributed by atoms with Crippen molar-refractivity contribution < 1.29 is 48.3 Å². The number of benzene rings is 1. The van der Waals surface area contributed by atoms with Crippen LogP contribution in [0.25, 0.3) is 0 Å². The Balaban J connectivity index is 3.25. The Bertz CT molecular complexity index is 1560. The summed E-state index contributed by atoms with van der Waals surface area (Å²) in [5, 5.41) is 24.6. The zero-order valence-corrected chi connectivity index (χ0v) is 34.6. The molecule has 0 aliphatic carbocycles. The lowest BCUT2D eigenvalue weighted by molar-refractivity contribution is -0.142. The number of hydrogen-bond donors (Lipinski definition) is 12. The first-order chi connectivity index (χ1) is 26.8. The Labute approximate surface area is 346 Å². The van der Waals surface area contributed by atoms with Crippen LogP contribution in [-0.4, -0.2) is 124 Å². The molecule has 0 aliphatic rings. The zero-order valence-electron chi connectivity index (χ0n) is 32.0. The molecule has 0 heterocycles.